The summed E-state index contributed by atoms with van der Waals surface area (Å²) in [7, 11) is 0. The highest BCUT2D eigenvalue weighted by molar-refractivity contribution is 6.35. The van der Waals surface area contributed by atoms with Crippen molar-refractivity contribution in [2.24, 2.45) is 11.8 Å². The summed E-state index contributed by atoms with van der Waals surface area (Å²) in [6.07, 6.45) is 3.26. The summed E-state index contributed by atoms with van der Waals surface area (Å²) in [5.41, 5.74) is 0.942. The Hall–Kier alpha value is -2.58. The van der Waals surface area contributed by atoms with E-state index in [1.807, 2.05) is 6.07 Å². The fraction of sp³-hybridized carbons (Fsp3) is 0.478. The second kappa shape index (κ2) is 10.1. The molecule has 2 unspecified atom stereocenters. The fourth-order valence-corrected chi connectivity index (χ4v) is 4.60. The molecule has 1 aliphatic carbocycles. The van der Waals surface area contributed by atoms with Gasteiger partial charge in [-0.15, -0.1) is 11.6 Å². The van der Waals surface area contributed by atoms with E-state index in [2.05, 4.69) is 20.9 Å². The smallest absolute Gasteiger partial charge is 0.268 e. The SMILES string of the molecule is O=C(NC(CC1CC1)C(=O)NC(C[C@@H]1CCNC1=O)C(=O)CCl)c1cc2cccc(Cl)c2[nH]1. The Bertz CT molecular complexity index is 1080. The number of H-pyrrole nitrogens is 1. The number of carbonyl (C=O) groups is 4. The van der Waals surface area contributed by atoms with Gasteiger partial charge in [0.1, 0.15) is 11.7 Å². The number of amides is 3. The highest BCUT2D eigenvalue weighted by atomic mass is 35.5. The van der Waals surface area contributed by atoms with E-state index in [1.165, 1.54) is 0 Å². The van der Waals surface area contributed by atoms with Crippen molar-refractivity contribution in [3.8, 4) is 0 Å². The topological polar surface area (TPSA) is 120 Å². The predicted octanol–water partition coefficient (Wildman–Crippen LogP) is 2.54. The summed E-state index contributed by atoms with van der Waals surface area (Å²) in [6.45, 7) is 0.550. The van der Waals surface area contributed by atoms with Crippen molar-refractivity contribution < 1.29 is 19.2 Å². The van der Waals surface area contributed by atoms with Gasteiger partial charge in [0.15, 0.2) is 5.78 Å². The number of aromatic amines is 1. The summed E-state index contributed by atoms with van der Waals surface area (Å²) >= 11 is 11.9. The van der Waals surface area contributed by atoms with Crippen molar-refractivity contribution in [2.75, 3.05) is 12.4 Å². The monoisotopic (exact) mass is 492 g/mol. The molecule has 2 aliphatic rings. The van der Waals surface area contributed by atoms with Crippen molar-refractivity contribution in [3.63, 3.8) is 0 Å². The Morgan fingerprint density at radius 2 is 1.88 bits per heavy atom. The molecule has 2 aromatic rings. The molecule has 0 bridgehead atoms. The number of halogens is 2. The van der Waals surface area contributed by atoms with Gasteiger partial charge in [-0.1, -0.05) is 36.6 Å². The first-order valence-corrected chi connectivity index (χ1v) is 12.0. The van der Waals surface area contributed by atoms with E-state index >= 15 is 0 Å². The molecule has 4 rings (SSSR count). The molecule has 1 aromatic heterocycles. The lowest BCUT2D eigenvalue weighted by atomic mass is 9.95. The molecule has 1 aliphatic heterocycles. The molecule has 4 N–H and O–H groups in total. The van der Waals surface area contributed by atoms with Gasteiger partial charge < -0.3 is 20.9 Å². The van der Waals surface area contributed by atoms with Gasteiger partial charge in [0.2, 0.25) is 11.8 Å². The number of para-hydroxylation sites is 1. The summed E-state index contributed by atoms with van der Waals surface area (Å²) in [5.74, 6) is -1.64. The first-order valence-electron chi connectivity index (χ1n) is 11.1. The molecule has 1 saturated heterocycles. The van der Waals surface area contributed by atoms with E-state index in [-0.39, 0.29) is 29.9 Å². The van der Waals surface area contributed by atoms with Gasteiger partial charge in [0.05, 0.1) is 22.5 Å². The van der Waals surface area contributed by atoms with E-state index in [9.17, 15) is 19.2 Å². The van der Waals surface area contributed by atoms with Crippen LogP contribution in [0.2, 0.25) is 5.02 Å². The van der Waals surface area contributed by atoms with Gasteiger partial charge >= 0.3 is 0 Å². The third-order valence-corrected chi connectivity index (χ3v) is 6.84. The maximum Gasteiger partial charge on any atom is 0.268 e. The number of benzene rings is 1. The minimum atomic E-state index is -0.880. The first-order chi connectivity index (χ1) is 15.9. The summed E-state index contributed by atoms with van der Waals surface area (Å²) in [4.78, 5) is 53.4. The van der Waals surface area contributed by atoms with Crippen LogP contribution in [-0.2, 0) is 14.4 Å². The zero-order valence-electron chi connectivity index (χ0n) is 18.0. The second-order valence-electron chi connectivity index (χ2n) is 8.77. The minimum absolute atomic E-state index is 0.128. The largest absolute Gasteiger partial charge is 0.356 e. The molecular weight excluding hydrogens is 467 g/mol. The highest BCUT2D eigenvalue weighted by Gasteiger charge is 2.35. The molecular formula is C23H26Cl2N4O4. The van der Waals surface area contributed by atoms with Crippen molar-refractivity contribution in [1.82, 2.24) is 20.9 Å². The average Bonchev–Trinajstić information content (AvgIpc) is 3.35. The van der Waals surface area contributed by atoms with Gasteiger partial charge in [-0.05, 0) is 37.3 Å². The molecule has 1 aromatic carbocycles. The van der Waals surface area contributed by atoms with Crippen molar-refractivity contribution in [1.29, 1.82) is 0 Å². The number of fused-ring (bicyclic) bond motifs is 1. The third-order valence-electron chi connectivity index (χ3n) is 6.26. The normalized spacial score (nSPS) is 19.7. The van der Waals surface area contributed by atoms with Crippen molar-refractivity contribution >= 4 is 57.6 Å². The minimum Gasteiger partial charge on any atom is -0.356 e. The molecule has 8 nitrogen and oxygen atoms in total. The molecule has 3 atom stereocenters. The van der Waals surface area contributed by atoms with E-state index in [0.717, 1.165) is 18.2 Å². The number of hydrogen-bond donors (Lipinski definition) is 4. The maximum atomic E-state index is 13.1. The van der Waals surface area contributed by atoms with Crippen LogP contribution >= 0.6 is 23.2 Å². The van der Waals surface area contributed by atoms with Crippen LogP contribution in [0.4, 0.5) is 0 Å². The Morgan fingerprint density at radius 1 is 1.09 bits per heavy atom. The Labute approximate surface area is 201 Å². The number of ketones is 1. The first kappa shape index (κ1) is 23.6. The van der Waals surface area contributed by atoms with Crippen LogP contribution in [-0.4, -0.2) is 53.0 Å². The van der Waals surface area contributed by atoms with Gasteiger partial charge in [-0.2, -0.15) is 0 Å². The average molecular weight is 493 g/mol. The number of hydrogen-bond acceptors (Lipinski definition) is 4. The number of alkyl halides is 1. The van der Waals surface area contributed by atoms with Crippen molar-refractivity contribution in [3.05, 3.63) is 35.0 Å². The van der Waals surface area contributed by atoms with Crippen LogP contribution in [0.3, 0.4) is 0 Å². The Morgan fingerprint density at radius 3 is 2.52 bits per heavy atom. The number of carbonyl (C=O) groups excluding carboxylic acids is 4. The molecule has 33 heavy (non-hydrogen) atoms. The molecule has 1 saturated carbocycles. The lowest BCUT2D eigenvalue weighted by Gasteiger charge is -2.23. The molecule has 0 radical (unpaired) electrons. The number of Topliss-reactive ketones (excluding diaryl/α,β-unsaturated/α-hetero) is 1. The van der Waals surface area contributed by atoms with Gasteiger partial charge in [0, 0.05) is 17.8 Å². The summed E-state index contributed by atoms with van der Waals surface area (Å²) in [5, 5.41) is 9.57. The molecule has 2 fully saturated rings. The Balaban J connectivity index is 1.47. The molecule has 10 heteroatoms. The molecule has 2 heterocycles. The number of nitrogens with one attached hydrogen (secondary N) is 4. The summed E-state index contributed by atoms with van der Waals surface area (Å²) in [6, 6.07) is 5.35. The van der Waals surface area contributed by atoms with E-state index in [1.54, 1.807) is 18.2 Å². The van der Waals surface area contributed by atoms with Crippen LogP contribution < -0.4 is 16.0 Å². The molecule has 3 amide bonds. The van der Waals surface area contributed by atoms with Gasteiger partial charge in [-0.25, -0.2) is 0 Å². The maximum absolute atomic E-state index is 13.1. The zero-order valence-corrected chi connectivity index (χ0v) is 19.5. The highest BCUT2D eigenvalue weighted by Crippen LogP contribution is 2.34. The zero-order chi connectivity index (χ0) is 23.5. The lowest BCUT2D eigenvalue weighted by molar-refractivity contribution is -0.129. The fourth-order valence-electron chi connectivity index (χ4n) is 4.19. The molecule has 176 valence electrons. The number of aromatic nitrogens is 1. The van der Waals surface area contributed by atoms with Crippen LogP contribution in [0, 0.1) is 11.8 Å². The number of rotatable bonds is 10. The van der Waals surface area contributed by atoms with Crippen LogP contribution in [0.25, 0.3) is 10.9 Å². The van der Waals surface area contributed by atoms with Gasteiger partial charge in [0.25, 0.3) is 5.91 Å². The Kier molecular flexibility index (Phi) is 7.24. The lowest BCUT2D eigenvalue weighted by Crippen LogP contribution is -2.52. The standard InChI is InChI=1S/C23H26Cl2N4O4/c24-11-19(30)16(10-14-6-7-26-21(14)31)28-22(32)17(8-12-4-5-12)29-23(33)18-9-13-2-1-3-15(25)20(13)27-18/h1-3,9,12,14,16-17,27H,4-8,10-11H2,(H,26,31)(H,28,32)(H,29,33)/t14-,16?,17?/m0/s1. The summed E-state index contributed by atoms with van der Waals surface area (Å²) < 4.78 is 0. The predicted molar refractivity (Wildman–Crippen MR) is 125 cm³/mol. The van der Waals surface area contributed by atoms with Crippen molar-refractivity contribution in [2.45, 2.75) is 44.2 Å². The molecule has 0 spiro atoms. The van der Waals surface area contributed by atoms with E-state index in [4.69, 9.17) is 23.2 Å². The van der Waals surface area contributed by atoms with Gasteiger partial charge in [-0.3, -0.25) is 19.2 Å². The second-order valence-corrected chi connectivity index (χ2v) is 9.44. The van der Waals surface area contributed by atoms with Crippen LogP contribution in [0.5, 0.6) is 0 Å². The van der Waals surface area contributed by atoms with E-state index < -0.39 is 23.9 Å². The van der Waals surface area contributed by atoms with Crippen LogP contribution in [0.1, 0.15) is 42.6 Å². The van der Waals surface area contributed by atoms with Crippen LogP contribution in [0.15, 0.2) is 24.3 Å². The third kappa shape index (κ3) is 5.68. The van der Waals surface area contributed by atoms with E-state index in [0.29, 0.717) is 41.5 Å². The quantitative estimate of drug-likeness (QED) is 0.380.